The van der Waals surface area contributed by atoms with E-state index in [0.717, 1.165) is 94.4 Å². The molecule has 10 nitrogen and oxygen atoms in total. The highest BCUT2D eigenvalue weighted by Crippen LogP contribution is 2.35. The number of aromatic amines is 1. The van der Waals surface area contributed by atoms with E-state index in [1.165, 1.54) is 17.7 Å². The second-order valence-electron chi connectivity index (χ2n) is 14.9. The van der Waals surface area contributed by atoms with Crippen LogP contribution in [0.5, 0.6) is 17.2 Å². The third kappa shape index (κ3) is 11.7. The van der Waals surface area contributed by atoms with Gasteiger partial charge in [-0.2, -0.15) is 0 Å². The number of phenols is 2. The monoisotopic (exact) mass is 761 g/mol. The molecule has 5 aromatic rings. The van der Waals surface area contributed by atoms with Crippen LogP contribution < -0.4 is 15.6 Å². The molecule has 1 atom stereocenters. The van der Waals surface area contributed by atoms with Gasteiger partial charge in [0, 0.05) is 30.1 Å². The van der Waals surface area contributed by atoms with E-state index < -0.39 is 6.10 Å². The number of aliphatic hydroxyl groups excluding tert-OH is 1. The van der Waals surface area contributed by atoms with Gasteiger partial charge in [0.25, 0.3) is 0 Å². The second-order valence-corrected chi connectivity index (χ2v) is 14.9. The number of nitrogens with one attached hydrogen (secondary N) is 2. The molecule has 0 amide bonds. The number of aromatic nitrogens is 1. The first kappa shape index (κ1) is 40.5. The van der Waals surface area contributed by atoms with Crippen molar-refractivity contribution < 1.29 is 29.6 Å². The van der Waals surface area contributed by atoms with E-state index in [0.29, 0.717) is 47.7 Å². The minimum Gasteiger partial charge on any atom is -0.507 e. The van der Waals surface area contributed by atoms with Crippen LogP contribution in [-0.2, 0) is 22.5 Å². The van der Waals surface area contributed by atoms with Crippen molar-refractivity contribution in [2.24, 2.45) is 5.92 Å². The zero-order valence-corrected chi connectivity index (χ0v) is 32.1. The van der Waals surface area contributed by atoms with E-state index in [4.69, 9.17) is 9.47 Å². The van der Waals surface area contributed by atoms with Gasteiger partial charge in [-0.25, -0.2) is 0 Å². The molecule has 1 fully saturated rings. The lowest BCUT2D eigenvalue weighted by Gasteiger charge is -2.31. The molecular weight excluding hydrogens is 707 g/mol. The standard InChI is InChI=1S/C46H55N3O7/c50-40-17-11-15-36(29-44(54)56-32-34-22-25-49(26-23-34)31-33-12-6-5-7-13-33)45(40)35-14-10-16-37(28-35)55-27-9-4-2-1-3-8-24-47-30-42(52)38-18-20-41(51)46-39(38)19-21-43(53)48-46/h5-7,10-21,28,34,42,47,50-52H,1-4,8-9,22-27,29-32H2,(H,48,53)/t42-/m0/s1. The number of likely N-dealkylation sites (tertiary alicyclic amines) is 1. The average molecular weight is 762 g/mol. The Morgan fingerprint density at radius 3 is 2.43 bits per heavy atom. The third-order valence-electron chi connectivity index (χ3n) is 10.6. The Hall–Kier alpha value is -5.16. The van der Waals surface area contributed by atoms with Crippen molar-refractivity contribution in [3.05, 3.63) is 124 Å². The predicted octanol–water partition coefficient (Wildman–Crippen LogP) is 7.65. The Kier molecular flexibility index (Phi) is 14.9. The zero-order valence-electron chi connectivity index (χ0n) is 32.1. The van der Waals surface area contributed by atoms with E-state index in [9.17, 15) is 24.9 Å². The Balaban J connectivity index is 0.857. The largest absolute Gasteiger partial charge is 0.507 e. The number of carbonyl (C=O) groups excluding carboxylic acids is 1. The molecule has 4 aromatic carbocycles. The molecule has 2 heterocycles. The first-order valence-corrected chi connectivity index (χ1v) is 20.0. The predicted molar refractivity (Wildman–Crippen MR) is 220 cm³/mol. The van der Waals surface area contributed by atoms with Gasteiger partial charge in [-0.3, -0.25) is 14.5 Å². The molecular formula is C46H55N3O7. The number of piperidine rings is 1. The lowest BCUT2D eigenvalue weighted by molar-refractivity contribution is -0.144. The summed E-state index contributed by atoms with van der Waals surface area (Å²) in [4.78, 5) is 29.7. The van der Waals surface area contributed by atoms with E-state index in [1.807, 2.05) is 36.4 Å². The number of aliphatic hydroxyl groups is 1. The molecule has 0 aliphatic carbocycles. The van der Waals surface area contributed by atoms with E-state index in [1.54, 1.807) is 24.3 Å². The number of hydrogen-bond acceptors (Lipinski definition) is 9. The third-order valence-corrected chi connectivity index (χ3v) is 10.6. The van der Waals surface area contributed by atoms with Gasteiger partial charge in [0.1, 0.15) is 17.2 Å². The Labute approximate surface area is 329 Å². The topological polar surface area (TPSA) is 144 Å². The van der Waals surface area contributed by atoms with Crippen LogP contribution in [0.2, 0.25) is 0 Å². The molecule has 0 bridgehead atoms. The molecule has 1 aliphatic heterocycles. The van der Waals surface area contributed by atoms with Crippen molar-refractivity contribution in [2.45, 2.75) is 70.4 Å². The SMILES string of the molecule is O=C(Cc1cccc(O)c1-c1cccc(OCCCCCCCCNC[C@H](O)c2ccc(O)c3[nH]c(=O)ccc23)c1)OCC1CCN(Cc2ccccc2)CC1. The maximum absolute atomic E-state index is 13.0. The van der Waals surface area contributed by atoms with Crippen molar-refractivity contribution in [3.63, 3.8) is 0 Å². The van der Waals surface area contributed by atoms with Gasteiger partial charge in [0.05, 0.1) is 31.3 Å². The number of carbonyl (C=O) groups is 1. The normalized spacial score (nSPS) is 14.2. The molecule has 5 N–H and O–H groups in total. The summed E-state index contributed by atoms with van der Waals surface area (Å²) in [7, 11) is 0. The van der Waals surface area contributed by atoms with Crippen LogP contribution in [0.3, 0.4) is 0 Å². The van der Waals surface area contributed by atoms with Crippen LogP contribution >= 0.6 is 0 Å². The maximum atomic E-state index is 13.0. The van der Waals surface area contributed by atoms with Crippen molar-refractivity contribution in [1.29, 1.82) is 0 Å². The van der Waals surface area contributed by atoms with Crippen LogP contribution in [0.4, 0.5) is 0 Å². The molecule has 0 saturated carbocycles. The molecule has 1 aromatic heterocycles. The number of aromatic hydroxyl groups is 2. The summed E-state index contributed by atoms with van der Waals surface area (Å²) in [5.74, 6) is 0.892. The van der Waals surface area contributed by atoms with Crippen molar-refractivity contribution in [2.75, 3.05) is 39.4 Å². The summed E-state index contributed by atoms with van der Waals surface area (Å²) in [6.45, 7) is 5.12. The summed E-state index contributed by atoms with van der Waals surface area (Å²) >= 11 is 0. The van der Waals surface area contributed by atoms with Crippen LogP contribution in [-0.4, -0.2) is 70.6 Å². The molecule has 0 radical (unpaired) electrons. The smallest absolute Gasteiger partial charge is 0.310 e. The highest BCUT2D eigenvalue weighted by molar-refractivity contribution is 5.87. The number of benzene rings is 4. The number of hydrogen-bond donors (Lipinski definition) is 5. The molecule has 296 valence electrons. The Morgan fingerprint density at radius 1 is 0.839 bits per heavy atom. The Morgan fingerprint density at radius 2 is 1.61 bits per heavy atom. The fraction of sp³-hybridized carbons (Fsp3) is 0.391. The van der Waals surface area contributed by atoms with Gasteiger partial charge < -0.3 is 35.1 Å². The fourth-order valence-electron chi connectivity index (χ4n) is 7.53. The Bertz CT molecular complexity index is 2060. The van der Waals surface area contributed by atoms with Gasteiger partial charge in [-0.05, 0) is 104 Å². The first-order chi connectivity index (χ1) is 27.3. The van der Waals surface area contributed by atoms with Gasteiger partial charge >= 0.3 is 5.97 Å². The number of unbranched alkanes of at least 4 members (excludes halogenated alkanes) is 5. The number of phenolic OH excluding ortho intramolecular Hbond substituents is 2. The molecule has 1 saturated heterocycles. The summed E-state index contributed by atoms with van der Waals surface area (Å²) in [6.07, 6.45) is 7.62. The summed E-state index contributed by atoms with van der Waals surface area (Å²) in [5, 5.41) is 35.6. The summed E-state index contributed by atoms with van der Waals surface area (Å²) in [6, 6.07) is 29.6. The van der Waals surface area contributed by atoms with E-state index >= 15 is 0 Å². The fourth-order valence-corrected chi connectivity index (χ4v) is 7.53. The lowest BCUT2D eigenvalue weighted by Crippen LogP contribution is -2.35. The first-order valence-electron chi connectivity index (χ1n) is 20.0. The molecule has 0 spiro atoms. The van der Waals surface area contributed by atoms with Crippen LogP contribution in [0, 0.1) is 5.92 Å². The zero-order chi connectivity index (χ0) is 39.1. The number of H-pyrrole nitrogens is 1. The summed E-state index contributed by atoms with van der Waals surface area (Å²) in [5.41, 5.74) is 4.16. The van der Waals surface area contributed by atoms with Crippen LogP contribution in [0.25, 0.3) is 22.0 Å². The molecule has 6 rings (SSSR count). The molecule has 1 aliphatic rings. The number of rotatable bonds is 20. The number of esters is 1. The van der Waals surface area contributed by atoms with Gasteiger partial charge in [-0.1, -0.05) is 86.3 Å². The summed E-state index contributed by atoms with van der Waals surface area (Å²) < 4.78 is 11.9. The average Bonchev–Trinajstić information content (AvgIpc) is 3.20. The number of nitrogens with zero attached hydrogens (tertiary/aromatic N) is 1. The minimum atomic E-state index is -0.761. The van der Waals surface area contributed by atoms with Crippen molar-refractivity contribution >= 4 is 16.9 Å². The molecule has 56 heavy (non-hydrogen) atoms. The number of ether oxygens (including phenoxy) is 2. The lowest BCUT2D eigenvalue weighted by atomic mass is 9.96. The van der Waals surface area contributed by atoms with Gasteiger partial charge in [0.15, 0.2) is 0 Å². The quantitative estimate of drug-likeness (QED) is 0.0399. The number of pyridine rings is 1. The van der Waals surface area contributed by atoms with E-state index in [-0.39, 0.29) is 29.4 Å². The van der Waals surface area contributed by atoms with Gasteiger partial charge in [0.2, 0.25) is 5.56 Å². The van der Waals surface area contributed by atoms with Crippen molar-refractivity contribution in [3.8, 4) is 28.4 Å². The second kappa shape index (κ2) is 20.7. The molecule has 0 unspecified atom stereocenters. The van der Waals surface area contributed by atoms with Crippen molar-refractivity contribution in [1.82, 2.24) is 15.2 Å². The van der Waals surface area contributed by atoms with Crippen LogP contribution in [0.1, 0.15) is 74.2 Å². The maximum Gasteiger partial charge on any atom is 0.310 e. The molecule has 10 heteroatoms. The van der Waals surface area contributed by atoms with Crippen LogP contribution in [0.15, 0.2) is 102 Å². The number of fused-ring (bicyclic) bond motifs is 1. The van der Waals surface area contributed by atoms with Gasteiger partial charge in [-0.15, -0.1) is 0 Å². The highest BCUT2D eigenvalue weighted by Gasteiger charge is 2.22. The highest BCUT2D eigenvalue weighted by atomic mass is 16.5. The van der Waals surface area contributed by atoms with E-state index in [2.05, 4.69) is 39.5 Å². The minimum absolute atomic E-state index is 0.0193.